The molecule has 3 aromatic rings. The number of nitrogens with one attached hydrogen (secondary N) is 2. The maximum atomic E-state index is 12.9. The Labute approximate surface area is 355 Å². The molecule has 0 fully saturated rings. The van der Waals surface area contributed by atoms with Gasteiger partial charge in [-0.25, -0.2) is 33.7 Å². The van der Waals surface area contributed by atoms with Crippen molar-refractivity contribution in [3.8, 4) is 0 Å². The summed E-state index contributed by atoms with van der Waals surface area (Å²) in [5, 5.41) is 15.2. The Kier molecular flexibility index (Phi) is 18.9. The predicted octanol–water partition coefficient (Wildman–Crippen LogP) is -12.3. The first-order valence-electron chi connectivity index (χ1n) is 10.5. The van der Waals surface area contributed by atoms with Crippen molar-refractivity contribution in [2.45, 2.75) is 19.6 Å². The zero-order valence-corrected chi connectivity index (χ0v) is 35.6. The molecule has 0 aromatic heterocycles. The Morgan fingerprint density at radius 2 is 0.851 bits per heavy atom. The van der Waals surface area contributed by atoms with Crippen LogP contribution in [0.4, 0.5) is 17.1 Å². The quantitative estimate of drug-likeness (QED) is 0.0883. The number of rotatable bonds is 9. The maximum absolute atomic E-state index is 12.9. The number of nitro benzene ring substituents is 1. The first kappa shape index (κ1) is 48.8. The van der Waals surface area contributed by atoms with Crippen LogP contribution >= 0.6 is 0 Å². The summed E-state index contributed by atoms with van der Waals surface area (Å²) in [4.78, 5) is 31.0. The van der Waals surface area contributed by atoms with Crippen molar-refractivity contribution in [1.29, 1.82) is 0 Å². The summed E-state index contributed by atoms with van der Waals surface area (Å²) in [5.74, 6) is -2.82. The van der Waals surface area contributed by atoms with Gasteiger partial charge in [-0.3, -0.25) is 19.7 Å². The van der Waals surface area contributed by atoms with Crippen LogP contribution in [0.3, 0.4) is 0 Å². The summed E-state index contributed by atoms with van der Waals surface area (Å²) >= 11 is 0. The number of carbonyl (C=O) groups is 2. The van der Waals surface area contributed by atoms with E-state index >= 15 is 0 Å². The van der Waals surface area contributed by atoms with Gasteiger partial charge in [0.05, 0.1) is 35.9 Å². The van der Waals surface area contributed by atoms with Crippen LogP contribution in [0.15, 0.2) is 74.2 Å². The van der Waals surface area contributed by atoms with E-state index in [9.17, 15) is 71.6 Å². The molecule has 27 heteroatoms. The van der Waals surface area contributed by atoms with Gasteiger partial charge in [-0.2, -0.15) is 0 Å². The van der Waals surface area contributed by atoms with Gasteiger partial charge in [0.2, 0.25) is 0 Å². The van der Waals surface area contributed by atoms with Gasteiger partial charge in [-0.1, -0.05) is 0 Å². The van der Waals surface area contributed by atoms with Crippen LogP contribution in [0.2, 0.25) is 0 Å². The number of anilines is 2. The van der Waals surface area contributed by atoms with Crippen molar-refractivity contribution in [3.05, 3.63) is 75.8 Å². The first-order chi connectivity index (χ1) is 19.5. The molecular formula is C20H11N3Na4O16S4. The van der Waals surface area contributed by atoms with Crippen LogP contribution in [0.1, 0.15) is 20.7 Å². The van der Waals surface area contributed by atoms with E-state index in [1.54, 1.807) is 0 Å². The molecule has 47 heavy (non-hydrogen) atoms. The van der Waals surface area contributed by atoms with Gasteiger partial charge in [0.15, 0.2) is 0 Å². The summed E-state index contributed by atoms with van der Waals surface area (Å²) in [6, 6.07) is 4.36. The van der Waals surface area contributed by atoms with Gasteiger partial charge in [0.1, 0.15) is 40.5 Å². The Morgan fingerprint density at radius 1 is 0.532 bits per heavy atom. The van der Waals surface area contributed by atoms with Crippen LogP contribution in [0.5, 0.6) is 0 Å². The summed E-state index contributed by atoms with van der Waals surface area (Å²) in [6.07, 6.45) is 0. The molecule has 0 spiro atoms. The van der Waals surface area contributed by atoms with Gasteiger partial charge in [-0.05, 0) is 42.5 Å². The van der Waals surface area contributed by atoms with Gasteiger partial charge in [-0.15, -0.1) is 0 Å². The number of nitro groups is 1. The molecule has 0 atom stereocenters. The number of amides is 2. The topological polar surface area (TPSA) is 330 Å². The number of hydrogen-bond acceptors (Lipinski definition) is 16. The predicted molar refractivity (Wildman–Crippen MR) is 134 cm³/mol. The summed E-state index contributed by atoms with van der Waals surface area (Å²) in [5.41, 5.74) is -4.16. The van der Waals surface area contributed by atoms with Crippen LogP contribution in [0, 0.1) is 10.1 Å². The Balaban J connectivity index is 0. The fourth-order valence-corrected chi connectivity index (χ4v) is 5.77. The molecule has 3 aromatic carbocycles. The molecule has 0 saturated carbocycles. The largest absolute Gasteiger partial charge is 1.00 e. The standard InChI is InChI=1S/C20H15N3O16S4.4Na/c24-19(21-15-3-1-13(40(28,29)30)8-17(15)42(34,35)36)10-5-11(7-12(6-10)23(26)27)20(25)22-16-4-2-14(41(31,32)33)9-18(16)43(37,38)39;;;;/h1-9H,(H,21,24)(H,22,25)(H,28,29,30)(H,31,32,33)(H,34,35,36)(H,37,38,39);;;;/q;4*+1/p-4. The number of benzene rings is 3. The van der Waals surface area contributed by atoms with E-state index < -0.39 is 105 Å². The number of hydrogen-bond donors (Lipinski definition) is 2. The molecule has 0 saturated heterocycles. The van der Waals surface area contributed by atoms with Crippen molar-refractivity contribution in [1.82, 2.24) is 0 Å². The Hall–Kier alpha value is -0.360. The SMILES string of the molecule is O=C(Nc1ccc(S(=O)(=O)[O-])cc1S(=O)(=O)[O-])c1cc(C(=O)Nc2ccc(S(=O)(=O)[O-])cc2S(=O)(=O)[O-])cc([N+](=O)[O-])c1.[Na+].[Na+].[Na+].[Na+]. The monoisotopic (exact) mass is 769 g/mol. The van der Waals surface area contributed by atoms with E-state index in [0.717, 1.165) is 0 Å². The van der Waals surface area contributed by atoms with Crippen LogP contribution in [-0.4, -0.2) is 68.6 Å². The molecule has 2 amide bonds. The Bertz CT molecular complexity index is 2020. The maximum Gasteiger partial charge on any atom is 1.00 e. The van der Waals surface area contributed by atoms with E-state index in [-0.39, 0.29) is 130 Å². The number of nitrogens with zero attached hydrogens (tertiary/aromatic N) is 1. The molecule has 19 nitrogen and oxygen atoms in total. The van der Waals surface area contributed by atoms with Gasteiger partial charge < -0.3 is 28.8 Å². The van der Waals surface area contributed by atoms with E-state index in [1.165, 1.54) is 0 Å². The number of carbonyl (C=O) groups excluding carboxylic acids is 2. The third-order valence-electron chi connectivity index (χ3n) is 5.17. The second kappa shape index (κ2) is 18.2. The van der Waals surface area contributed by atoms with Crippen molar-refractivity contribution in [2.75, 3.05) is 10.6 Å². The van der Waals surface area contributed by atoms with E-state index in [4.69, 9.17) is 0 Å². The normalized spacial score (nSPS) is 11.3. The summed E-state index contributed by atoms with van der Waals surface area (Å²) < 4.78 is 137. The molecule has 3 rings (SSSR count). The smallest absolute Gasteiger partial charge is 0.744 e. The molecule has 0 aliphatic carbocycles. The molecule has 0 heterocycles. The summed E-state index contributed by atoms with van der Waals surface area (Å²) in [7, 11) is -21.5. The molecular weight excluding hydrogens is 758 g/mol. The van der Waals surface area contributed by atoms with Crippen molar-refractivity contribution in [3.63, 3.8) is 0 Å². The molecule has 2 N–H and O–H groups in total. The molecule has 0 bridgehead atoms. The van der Waals surface area contributed by atoms with Crippen molar-refractivity contribution >= 4 is 69.3 Å². The van der Waals surface area contributed by atoms with E-state index in [0.29, 0.717) is 42.5 Å². The van der Waals surface area contributed by atoms with E-state index in [1.807, 2.05) is 10.6 Å². The molecule has 0 aliphatic rings. The van der Waals surface area contributed by atoms with Crippen LogP contribution < -0.4 is 129 Å². The molecule has 0 aliphatic heterocycles. The second-order valence-corrected chi connectivity index (χ2v) is 13.5. The zero-order valence-electron chi connectivity index (χ0n) is 24.3. The van der Waals surface area contributed by atoms with Crippen LogP contribution in [-0.2, 0) is 40.5 Å². The third-order valence-corrected chi connectivity index (χ3v) is 8.59. The van der Waals surface area contributed by atoms with Crippen molar-refractivity contribution in [2.24, 2.45) is 0 Å². The Morgan fingerprint density at radius 3 is 1.11 bits per heavy atom. The average molecular weight is 770 g/mol. The van der Waals surface area contributed by atoms with Crippen LogP contribution in [0.25, 0.3) is 0 Å². The third kappa shape index (κ3) is 13.0. The minimum absolute atomic E-state index is 0. The first-order valence-corrected chi connectivity index (χ1v) is 16.2. The van der Waals surface area contributed by atoms with E-state index in [2.05, 4.69) is 0 Å². The minimum atomic E-state index is -5.52. The minimum Gasteiger partial charge on any atom is -0.744 e. The zero-order chi connectivity index (χ0) is 32.7. The molecule has 0 radical (unpaired) electrons. The second-order valence-electron chi connectivity index (χ2n) is 8.07. The van der Waals surface area contributed by atoms with Gasteiger partial charge >= 0.3 is 118 Å². The van der Waals surface area contributed by atoms with Gasteiger partial charge in [0.25, 0.3) is 17.5 Å². The fraction of sp³-hybridized carbons (Fsp3) is 0. The summed E-state index contributed by atoms with van der Waals surface area (Å²) in [6.45, 7) is 0. The number of non-ortho nitro benzene ring substituents is 1. The molecule has 0 unspecified atom stereocenters. The molecule has 230 valence electrons. The fourth-order valence-electron chi connectivity index (χ4n) is 3.30. The average Bonchev–Trinajstić information content (AvgIpc) is 2.86. The van der Waals surface area contributed by atoms with Crippen molar-refractivity contribution < 1.29 is 185 Å². The van der Waals surface area contributed by atoms with Gasteiger partial charge in [0, 0.05) is 23.3 Å².